The van der Waals surface area contributed by atoms with Gasteiger partial charge < -0.3 is 10.2 Å². The molecule has 0 aromatic heterocycles. The van der Waals surface area contributed by atoms with Gasteiger partial charge in [-0.15, -0.1) is 0 Å². The van der Waals surface area contributed by atoms with Gasteiger partial charge in [-0.3, -0.25) is 14.5 Å². The highest BCUT2D eigenvalue weighted by molar-refractivity contribution is 5.97. The number of piperidine rings is 1. The van der Waals surface area contributed by atoms with Crippen LogP contribution in [0, 0.1) is 0 Å². The lowest BCUT2D eigenvalue weighted by atomic mass is 10.0. The van der Waals surface area contributed by atoms with Crippen LogP contribution in [0.3, 0.4) is 0 Å². The molecule has 1 unspecified atom stereocenters. The van der Waals surface area contributed by atoms with E-state index in [0.717, 1.165) is 38.2 Å². The molecular formula is C24H31N3O2. The number of rotatable bonds is 8. The van der Waals surface area contributed by atoms with Crippen LogP contribution in [0.25, 0.3) is 0 Å². The third-order valence-corrected chi connectivity index (χ3v) is 5.66. The zero-order valence-electron chi connectivity index (χ0n) is 17.4. The second-order valence-electron chi connectivity index (χ2n) is 7.41. The van der Waals surface area contributed by atoms with E-state index in [1.54, 1.807) is 0 Å². The zero-order chi connectivity index (χ0) is 20.6. The van der Waals surface area contributed by atoms with E-state index in [-0.39, 0.29) is 17.9 Å². The first-order chi connectivity index (χ1) is 14.1. The molecule has 1 N–H and O–H groups in total. The number of hydrogen-bond acceptors (Lipinski definition) is 3. The molecule has 2 amide bonds. The fourth-order valence-electron chi connectivity index (χ4n) is 3.96. The topological polar surface area (TPSA) is 52.7 Å². The lowest BCUT2D eigenvalue weighted by Gasteiger charge is -2.30. The Morgan fingerprint density at radius 1 is 1.03 bits per heavy atom. The summed E-state index contributed by atoms with van der Waals surface area (Å²) in [6.45, 7) is 7.43. The first-order valence-electron chi connectivity index (χ1n) is 10.6. The normalized spacial score (nSPS) is 15.4. The Balaban J connectivity index is 1.66. The van der Waals surface area contributed by atoms with E-state index in [1.165, 1.54) is 5.56 Å². The highest BCUT2D eigenvalue weighted by Gasteiger charge is 2.21. The molecule has 29 heavy (non-hydrogen) atoms. The van der Waals surface area contributed by atoms with Gasteiger partial charge in [-0.1, -0.05) is 44.2 Å². The Hall–Kier alpha value is -2.66. The van der Waals surface area contributed by atoms with Crippen LogP contribution in [0.4, 0.5) is 5.69 Å². The van der Waals surface area contributed by atoms with Crippen LogP contribution >= 0.6 is 0 Å². The van der Waals surface area contributed by atoms with Gasteiger partial charge in [0.15, 0.2) is 0 Å². The minimum atomic E-state index is -0.0883. The number of carbonyl (C=O) groups is 2. The zero-order valence-corrected chi connectivity index (χ0v) is 17.4. The molecule has 0 aliphatic carbocycles. The SMILES string of the molecule is CCN(CC)C(CNC(=O)c1ccc(N2CCCCC2=O)cc1)c1ccccc1. The van der Waals surface area contributed by atoms with Crippen molar-refractivity contribution in [2.75, 3.05) is 31.1 Å². The number of benzene rings is 2. The Labute approximate surface area is 173 Å². The van der Waals surface area contributed by atoms with Crippen molar-refractivity contribution < 1.29 is 9.59 Å². The molecule has 0 saturated carbocycles. The van der Waals surface area contributed by atoms with Crippen molar-refractivity contribution in [1.82, 2.24) is 10.2 Å². The monoisotopic (exact) mass is 393 g/mol. The fraction of sp³-hybridized carbons (Fsp3) is 0.417. The van der Waals surface area contributed by atoms with Crippen molar-refractivity contribution in [3.05, 3.63) is 65.7 Å². The van der Waals surface area contributed by atoms with E-state index in [2.05, 4.69) is 36.2 Å². The number of nitrogens with zero attached hydrogens (tertiary/aromatic N) is 2. The summed E-state index contributed by atoms with van der Waals surface area (Å²) in [6, 6.07) is 17.8. The molecule has 5 heteroatoms. The van der Waals surface area contributed by atoms with Gasteiger partial charge in [-0.2, -0.15) is 0 Å². The molecule has 1 aliphatic rings. The summed E-state index contributed by atoms with van der Waals surface area (Å²) in [5, 5.41) is 3.09. The Kier molecular flexibility index (Phi) is 7.42. The quantitative estimate of drug-likeness (QED) is 0.737. The maximum Gasteiger partial charge on any atom is 0.251 e. The molecule has 0 bridgehead atoms. The van der Waals surface area contributed by atoms with Gasteiger partial charge in [0.25, 0.3) is 5.91 Å². The van der Waals surface area contributed by atoms with Gasteiger partial charge in [-0.25, -0.2) is 0 Å². The molecule has 0 radical (unpaired) electrons. The summed E-state index contributed by atoms with van der Waals surface area (Å²) in [4.78, 5) is 29.0. The van der Waals surface area contributed by atoms with Crippen LogP contribution < -0.4 is 10.2 Å². The largest absolute Gasteiger partial charge is 0.350 e. The van der Waals surface area contributed by atoms with Crippen molar-refractivity contribution in [2.24, 2.45) is 0 Å². The summed E-state index contributed by atoms with van der Waals surface area (Å²) in [7, 11) is 0. The molecule has 2 aromatic carbocycles. The Bertz CT molecular complexity index is 801. The predicted molar refractivity (Wildman–Crippen MR) is 117 cm³/mol. The molecule has 1 atom stereocenters. The third kappa shape index (κ3) is 5.24. The number of anilines is 1. The van der Waals surface area contributed by atoms with Crippen molar-refractivity contribution >= 4 is 17.5 Å². The van der Waals surface area contributed by atoms with Crippen LogP contribution in [0.15, 0.2) is 54.6 Å². The number of hydrogen-bond donors (Lipinski definition) is 1. The van der Waals surface area contributed by atoms with E-state index in [4.69, 9.17) is 0 Å². The first kappa shape index (κ1) is 21.1. The van der Waals surface area contributed by atoms with E-state index >= 15 is 0 Å². The molecule has 154 valence electrons. The van der Waals surface area contributed by atoms with Crippen molar-refractivity contribution in [2.45, 2.75) is 39.2 Å². The van der Waals surface area contributed by atoms with E-state index in [1.807, 2.05) is 47.4 Å². The number of amides is 2. The first-order valence-corrected chi connectivity index (χ1v) is 10.6. The molecule has 1 aliphatic heterocycles. The number of likely N-dealkylation sites (N-methyl/N-ethyl adjacent to an activating group) is 1. The average Bonchev–Trinajstić information content (AvgIpc) is 2.77. The van der Waals surface area contributed by atoms with Crippen LogP contribution in [-0.4, -0.2) is 42.9 Å². The minimum Gasteiger partial charge on any atom is -0.350 e. The molecular weight excluding hydrogens is 362 g/mol. The van der Waals surface area contributed by atoms with E-state index < -0.39 is 0 Å². The number of nitrogens with one attached hydrogen (secondary N) is 1. The van der Waals surface area contributed by atoms with Gasteiger partial charge in [0.2, 0.25) is 5.91 Å². The molecule has 1 heterocycles. The maximum absolute atomic E-state index is 12.7. The summed E-state index contributed by atoms with van der Waals surface area (Å²) in [5.74, 6) is 0.0768. The second kappa shape index (κ2) is 10.2. The highest BCUT2D eigenvalue weighted by Crippen LogP contribution is 2.22. The summed E-state index contributed by atoms with van der Waals surface area (Å²) in [5.41, 5.74) is 2.69. The molecule has 3 rings (SSSR count). The average molecular weight is 394 g/mol. The molecule has 5 nitrogen and oxygen atoms in total. The van der Waals surface area contributed by atoms with Crippen LogP contribution in [0.1, 0.15) is 55.1 Å². The van der Waals surface area contributed by atoms with Gasteiger partial charge >= 0.3 is 0 Å². The number of carbonyl (C=O) groups excluding carboxylic acids is 2. The van der Waals surface area contributed by atoms with Crippen molar-refractivity contribution in [1.29, 1.82) is 0 Å². The molecule has 0 spiro atoms. The Morgan fingerprint density at radius 3 is 2.34 bits per heavy atom. The standard InChI is InChI=1S/C24H31N3O2/c1-3-26(4-2)22(19-10-6-5-7-11-19)18-25-24(29)20-13-15-21(16-14-20)27-17-9-8-12-23(27)28/h5-7,10-11,13-16,22H,3-4,8-9,12,17-18H2,1-2H3,(H,25,29). The van der Waals surface area contributed by atoms with Gasteiger partial charge in [0, 0.05) is 30.8 Å². The fourth-order valence-corrected chi connectivity index (χ4v) is 3.96. The second-order valence-corrected chi connectivity index (χ2v) is 7.41. The van der Waals surface area contributed by atoms with Gasteiger partial charge in [0.05, 0.1) is 6.04 Å². The summed E-state index contributed by atoms with van der Waals surface area (Å²) >= 11 is 0. The van der Waals surface area contributed by atoms with E-state index in [9.17, 15) is 9.59 Å². The minimum absolute atomic E-state index is 0.0883. The molecule has 1 saturated heterocycles. The maximum atomic E-state index is 12.7. The third-order valence-electron chi connectivity index (χ3n) is 5.66. The summed E-state index contributed by atoms with van der Waals surface area (Å²) < 4.78 is 0. The van der Waals surface area contributed by atoms with Crippen LogP contribution in [0.5, 0.6) is 0 Å². The lowest BCUT2D eigenvalue weighted by Crippen LogP contribution is -2.38. The van der Waals surface area contributed by atoms with Crippen LogP contribution in [-0.2, 0) is 4.79 Å². The Morgan fingerprint density at radius 2 is 1.72 bits per heavy atom. The van der Waals surface area contributed by atoms with Crippen molar-refractivity contribution in [3.63, 3.8) is 0 Å². The van der Waals surface area contributed by atoms with Gasteiger partial charge in [-0.05, 0) is 55.8 Å². The lowest BCUT2D eigenvalue weighted by molar-refractivity contribution is -0.119. The summed E-state index contributed by atoms with van der Waals surface area (Å²) in [6.07, 6.45) is 2.60. The predicted octanol–water partition coefficient (Wildman–Crippen LogP) is 4.02. The van der Waals surface area contributed by atoms with E-state index in [0.29, 0.717) is 18.5 Å². The highest BCUT2D eigenvalue weighted by atomic mass is 16.2. The smallest absolute Gasteiger partial charge is 0.251 e. The van der Waals surface area contributed by atoms with Crippen LogP contribution in [0.2, 0.25) is 0 Å². The molecule has 2 aromatic rings. The molecule has 1 fully saturated rings. The van der Waals surface area contributed by atoms with Gasteiger partial charge in [0.1, 0.15) is 0 Å². The van der Waals surface area contributed by atoms with Crippen molar-refractivity contribution in [3.8, 4) is 0 Å².